The van der Waals surface area contributed by atoms with Crippen molar-refractivity contribution in [2.75, 3.05) is 6.26 Å². The Morgan fingerprint density at radius 2 is 1.86 bits per heavy atom. The lowest BCUT2D eigenvalue weighted by Crippen LogP contribution is -1.89. The van der Waals surface area contributed by atoms with Gasteiger partial charge in [0.25, 0.3) is 0 Å². The maximum atomic E-state index is 10.9. The third kappa shape index (κ3) is 3.34. The molecular weight excluding hydrogens is 196 g/mol. The summed E-state index contributed by atoms with van der Waals surface area (Å²) in [5, 5.41) is 1.23. The largest absolute Gasteiger partial charge is 0.225 e. The average molecular weight is 210 g/mol. The summed E-state index contributed by atoms with van der Waals surface area (Å²) in [6.07, 6.45) is 2.82. The Bertz CT molecular complexity index is 456. The van der Waals surface area contributed by atoms with Crippen molar-refractivity contribution in [2.24, 2.45) is 0 Å². The van der Waals surface area contributed by atoms with E-state index in [1.807, 2.05) is 32.0 Å². The molecule has 14 heavy (non-hydrogen) atoms. The molecule has 76 valence electrons. The molecular formula is C11H14O2S. The second kappa shape index (κ2) is 3.96. The molecule has 1 aromatic rings. The summed E-state index contributed by atoms with van der Waals surface area (Å²) in [6.45, 7) is 3.98. The SMILES string of the molecule is Cc1ccc(/C=C/S(C)(=O)=O)c(C)c1. The minimum absolute atomic E-state index is 0.945. The first kappa shape index (κ1) is 11.0. The normalized spacial score (nSPS) is 12.2. The van der Waals surface area contributed by atoms with Crippen LogP contribution in [0, 0.1) is 13.8 Å². The van der Waals surface area contributed by atoms with Gasteiger partial charge in [0.15, 0.2) is 9.84 Å². The lowest BCUT2D eigenvalue weighted by atomic mass is 10.1. The number of hydrogen-bond acceptors (Lipinski definition) is 2. The van der Waals surface area contributed by atoms with Crippen molar-refractivity contribution in [3.63, 3.8) is 0 Å². The molecule has 3 heteroatoms. The molecule has 0 aliphatic heterocycles. The molecule has 0 fully saturated rings. The maximum absolute atomic E-state index is 10.9. The molecule has 0 radical (unpaired) electrons. The third-order valence-corrected chi connectivity index (χ3v) is 2.55. The summed E-state index contributed by atoms with van der Waals surface area (Å²) in [6, 6.07) is 5.92. The first-order valence-corrected chi connectivity index (χ1v) is 6.29. The van der Waals surface area contributed by atoms with E-state index >= 15 is 0 Å². The van der Waals surface area contributed by atoms with E-state index in [4.69, 9.17) is 0 Å². The lowest BCUT2D eigenvalue weighted by molar-refractivity contribution is 0.610. The Kier molecular flexibility index (Phi) is 3.11. The molecule has 0 aliphatic carbocycles. The van der Waals surface area contributed by atoms with Crippen LogP contribution in [0.3, 0.4) is 0 Å². The van der Waals surface area contributed by atoms with Crippen LogP contribution in [-0.4, -0.2) is 14.7 Å². The second-order valence-electron chi connectivity index (χ2n) is 3.49. The molecule has 0 aromatic heterocycles. The minimum atomic E-state index is -3.03. The van der Waals surface area contributed by atoms with Crippen LogP contribution in [0.1, 0.15) is 16.7 Å². The van der Waals surface area contributed by atoms with E-state index < -0.39 is 9.84 Å². The van der Waals surface area contributed by atoms with Gasteiger partial charge < -0.3 is 0 Å². The molecule has 0 saturated carbocycles. The van der Waals surface area contributed by atoms with Crippen molar-refractivity contribution in [3.05, 3.63) is 40.3 Å². The first-order chi connectivity index (χ1) is 6.38. The van der Waals surface area contributed by atoms with Crippen LogP contribution in [0.4, 0.5) is 0 Å². The molecule has 1 rings (SSSR count). The van der Waals surface area contributed by atoms with Crippen molar-refractivity contribution >= 4 is 15.9 Å². The fourth-order valence-electron chi connectivity index (χ4n) is 1.21. The van der Waals surface area contributed by atoms with Crippen LogP contribution < -0.4 is 0 Å². The Hall–Kier alpha value is -1.09. The third-order valence-electron chi connectivity index (χ3n) is 1.92. The monoisotopic (exact) mass is 210 g/mol. The fraction of sp³-hybridized carbons (Fsp3) is 0.273. The molecule has 0 spiro atoms. The summed E-state index contributed by atoms with van der Waals surface area (Å²) in [5.74, 6) is 0. The van der Waals surface area contributed by atoms with Gasteiger partial charge in [-0.2, -0.15) is 0 Å². The van der Waals surface area contributed by atoms with Gasteiger partial charge in [-0.05, 0) is 31.1 Å². The molecule has 1 aromatic carbocycles. The Balaban J connectivity index is 3.05. The van der Waals surface area contributed by atoms with Gasteiger partial charge >= 0.3 is 0 Å². The van der Waals surface area contributed by atoms with Crippen molar-refractivity contribution < 1.29 is 8.42 Å². The Morgan fingerprint density at radius 1 is 1.21 bits per heavy atom. The van der Waals surface area contributed by atoms with Gasteiger partial charge in [0.2, 0.25) is 0 Å². The van der Waals surface area contributed by atoms with Gasteiger partial charge in [0.05, 0.1) is 0 Å². The summed E-state index contributed by atoms with van der Waals surface area (Å²) in [5.41, 5.74) is 3.21. The van der Waals surface area contributed by atoms with Crippen LogP contribution in [0.2, 0.25) is 0 Å². The molecule has 0 saturated heterocycles. The molecule has 2 nitrogen and oxygen atoms in total. The Labute approximate surface area is 85.2 Å². The van der Waals surface area contributed by atoms with Gasteiger partial charge in [-0.3, -0.25) is 0 Å². The predicted molar refractivity (Wildman–Crippen MR) is 59.8 cm³/mol. The lowest BCUT2D eigenvalue weighted by Gasteiger charge is -2.00. The van der Waals surface area contributed by atoms with E-state index in [9.17, 15) is 8.42 Å². The van der Waals surface area contributed by atoms with Crippen LogP contribution in [-0.2, 0) is 9.84 Å². The number of benzene rings is 1. The topological polar surface area (TPSA) is 34.1 Å². The van der Waals surface area contributed by atoms with Crippen LogP contribution in [0.25, 0.3) is 6.08 Å². The number of sulfone groups is 1. The number of aryl methyl sites for hydroxylation is 2. The zero-order chi connectivity index (χ0) is 10.8. The summed E-state index contributed by atoms with van der Waals surface area (Å²) in [4.78, 5) is 0. The van der Waals surface area contributed by atoms with E-state index in [0.717, 1.165) is 11.1 Å². The standard InChI is InChI=1S/C11H14O2S/c1-9-4-5-11(10(2)8-9)6-7-14(3,12)13/h4-8H,1-3H3/b7-6+. The Morgan fingerprint density at radius 3 is 2.36 bits per heavy atom. The number of rotatable bonds is 2. The molecule has 0 atom stereocenters. The molecule has 0 aliphatic rings. The van der Waals surface area contributed by atoms with E-state index in [-0.39, 0.29) is 0 Å². The van der Waals surface area contributed by atoms with E-state index in [0.29, 0.717) is 0 Å². The fourth-order valence-corrected chi connectivity index (χ4v) is 1.60. The molecule has 0 N–H and O–H groups in total. The molecule has 0 heterocycles. The van der Waals surface area contributed by atoms with Crippen molar-refractivity contribution in [1.29, 1.82) is 0 Å². The van der Waals surface area contributed by atoms with Crippen molar-refractivity contribution in [2.45, 2.75) is 13.8 Å². The average Bonchev–Trinajstić information content (AvgIpc) is 2.00. The first-order valence-electron chi connectivity index (χ1n) is 4.34. The van der Waals surface area contributed by atoms with Gasteiger partial charge in [0.1, 0.15) is 0 Å². The summed E-state index contributed by atoms with van der Waals surface area (Å²) >= 11 is 0. The van der Waals surface area contributed by atoms with E-state index in [1.165, 1.54) is 17.2 Å². The zero-order valence-electron chi connectivity index (χ0n) is 8.61. The second-order valence-corrected chi connectivity index (χ2v) is 5.42. The number of hydrogen-bond donors (Lipinski definition) is 0. The van der Waals surface area contributed by atoms with Crippen LogP contribution in [0.5, 0.6) is 0 Å². The minimum Gasteiger partial charge on any atom is -0.225 e. The molecule has 0 bridgehead atoms. The highest BCUT2D eigenvalue weighted by molar-refractivity contribution is 7.93. The highest BCUT2D eigenvalue weighted by Gasteiger charge is 1.97. The van der Waals surface area contributed by atoms with Crippen LogP contribution in [0.15, 0.2) is 23.6 Å². The smallest absolute Gasteiger partial charge is 0.168 e. The predicted octanol–water partition coefficient (Wildman–Crippen LogP) is 2.32. The molecule has 0 amide bonds. The van der Waals surface area contributed by atoms with Gasteiger partial charge in [-0.25, -0.2) is 8.42 Å². The molecule has 0 unspecified atom stereocenters. The van der Waals surface area contributed by atoms with E-state index in [2.05, 4.69) is 0 Å². The van der Waals surface area contributed by atoms with Crippen LogP contribution >= 0.6 is 0 Å². The maximum Gasteiger partial charge on any atom is 0.168 e. The highest BCUT2D eigenvalue weighted by Crippen LogP contribution is 2.12. The zero-order valence-corrected chi connectivity index (χ0v) is 9.43. The van der Waals surface area contributed by atoms with E-state index in [1.54, 1.807) is 6.08 Å². The van der Waals surface area contributed by atoms with Crippen molar-refractivity contribution in [1.82, 2.24) is 0 Å². The highest BCUT2D eigenvalue weighted by atomic mass is 32.2. The summed E-state index contributed by atoms with van der Waals surface area (Å²) in [7, 11) is -3.03. The van der Waals surface area contributed by atoms with Gasteiger partial charge in [0, 0.05) is 11.7 Å². The van der Waals surface area contributed by atoms with Gasteiger partial charge in [-0.1, -0.05) is 23.8 Å². The quantitative estimate of drug-likeness (QED) is 0.750. The summed E-state index contributed by atoms with van der Waals surface area (Å²) < 4.78 is 21.8. The van der Waals surface area contributed by atoms with Gasteiger partial charge in [-0.15, -0.1) is 0 Å². The van der Waals surface area contributed by atoms with Crippen molar-refractivity contribution in [3.8, 4) is 0 Å².